The van der Waals surface area contributed by atoms with Gasteiger partial charge in [-0.25, -0.2) is 13.1 Å². The van der Waals surface area contributed by atoms with Gasteiger partial charge in [-0.1, -0.05) is 0 Å². The lowest BCUT2D eigenvalue weighted by molar-refractivity contribution is 0.402. The zero-order valence-corrected chi connectivity index (χ0v) is 11.5. The minimum Gasteiger partial charge on any atom is -0.495 e. The van der Waals surface area contributed by atoms with E-state index in [1.54, 1.807) is 12.1 Å². The summed E-state index contributed by atoms with van der Waals surface area (Å²) in [4.78, 5) is 0.103. The van der Waals surface area contributed by atoms with Crippen LogP contribution in [0.5, 0.6) is 5.75 Å². The topological polar surface area (TPSA) is 79.2 Å². The van der Waals surface area contributed by atoms with Crippen molar-refractivity contribution >= 4 is 10.0 Å². The molecule has 0 heterocycles. The van der Waals surface area contributed by atoms with E-state index in [4.69, 9.17) is 10.00 Å². The highest BCUT2D eigenvalue weighted by Crippen LogP contribution is 2.27. The second-order valence-corrected chi connectivity index (χ2v) is 5.63. The van der Waals surface area contributed by atoms with Crippen molar-refractivity contribution in [2.45, 2.75) is 25.2 Å². The Hall–Kier alpha value is -1.58. The Morgan fingerprint density at radius 1 is 1.33 bits per heavy atom. The van der Waals surface area contributed by atoms with Crippen LogP contribution < -0.4 is 9.46 Å². The zero-order valence-electron chi connectivity index (χ0n) is 10.6. The number of nitrogens with zero attached hydrogens (tertiary/aromatic N) is 1. The van der Waals surface area contributed by atoms with E-state index < -0.39 is 10.0 Å². The molecule has 0 aromatic heterocycles. The highest BCUT2D eigenvalue weighted by Gasteiger charge is 2.19. The molecule has 1 rings (SSSR count). The number of nitrogens with one attached hydrogen (secondary N) is 1. The van der Waals surface area contributed by atoms with Gasteiger partial charge in [0.05, 0.1) is 13.2 Å². The van der Waals surface area contributed by atoms with Crippen molar-refractivity contribution in [1.29, 1.82) is 5.26 Å². The van der Waals surface area contributed by atoms with E-state index in [1.807, 2.05) is 19.9 Å². The summed E-state index contributed by atoms with van der Waals surface area (Å²) in [5.74, 6) is 0.308. The molecule has 0 saturated carbocycles. The number of aryl methyl sites for hydroxylation is 2. The molecule has 1 N–H and O–H groups in total. The van der Waals surface area contributed by atoms with Crippen LogP contribution >= 0.6 is 0 Å². The lowest BCUT2D eigenvalue weighted by Gasteiger charge is -2.12. The van der Waals surface area contributed by atoms with Gasteiger partial charge in [-0.2, -0.15) is 5.26 Å². The third kappa shape index (κ3) is 3.22. The molecule has 0 spiro atoms. The van der Waals surface area contributed by atoms with Crippen LogP contribution in [0, 0.1) is 25.2 Å². The Labute approximate surface area is 107 Å². The van der Waals surface area contributed by atoms with Crippen LogP contribution in [-0.2, 0) is 10.0 Å². The Morgan fingerprint density at radius 2 is 1.94 bits per heavy atom. The van der Waals surface area contributed by atoms with Gasteiger partial charge in [0.1, 0.15) is 10.6 Å². The van der Waals surface area contributed by atoms with Crippen LogP contribution in [0.2, 0.25) is 0 Å². The number of benzene rings is 1. The number of hydrogen-bond acceptors (Lipinski definition) is 4. The highest BCUT2D eigenvalue weighted by molar-refractivity contribution is 7.89. The zero-order chi connectivity index (χ0) is 13.8. The maximum absolute atomic E-state index is 12.0. The number of rotatable bonds is 5. The molecule has 1 aromatic carbocycles. The fourth-order valence-electron chi connectivity index (χ4n) is 1.45. The van der Waals surface area contributed by atoms with E-state index in [1.165, 1.54) is 7.11 Å². The molecule has 0 atom stereocenters. The van der Waals surface area contributed by atoms with Crippen molar-refractivity contribution in [1.82, 2.24) is 4.72 Å². The SMILES string of the molecule is COc1cc(C)c(C)cc1S(=O)(=O)NCCC#N. The number of methoxy groups -OCH3 is 1. The fraction of sp³-hybridized carbons (Fsp3) is 0.417. The number of nitriles is 1. The van der Waals surface area contributed by atoms with E-state index >= 15 is 0 Å². The number of ether oxygens (including phenoxy) is 1. The van der Waals surface area contributed by atoms with Crippen molar-refractivity contribution < 1.29 is 13.2 Å². The van der Waals surface area contributed by atoms with E-state index in [-0.39, 0.29) is 17.9 Å². The predicted octanol–water partition coefficient (Wildman–Crippen LogP) is 1.50. The fourth-order valence-corrected chi connectivity index (χ4v) is 2.72. The van der Waals surface area contributed by atoms with Gasteiger partial charge in [-0.15, -0.1) is 0 Å². The van der Waals surface area contributed by atoms with Crippen LogP contribution in [0.25, 0.3) is 0 Å². The summed E-state index contributed by atoms with van der Waals surface area (Å²) in [6.45, 7) is 3.81. The lowest BCUT2D eigenvalue weighted by atomic mass is 10.1. The first-order valence-electron chi connectivity index (χ1n) is 5.44. The largest absolute Gasteiger partial charge is 0.495 e. The summed E-state index contributed by atoms with van der Waals surface area (Å²) in [6.07, 6.45) is 0.131. The van der Waals surface area contributed by atoms with Crippen LogP contribution in [0.4, 0.5) is 0 Å². The summed E-state index contributed by atoms with van der Waals surface area (Å²) in [5, 5.41) is 8.41. The molecule has 0 radical (unpaired) electrons. The Bertz CT molecular complexity index is 574. The summed E-state index contributed by atoms with van der Waals surface area (Å²) in [5.41, 5.74) is 1.83. The first-order valence-corrected chi connectivity index (χ1v) is 6.92. The van der Waals surface area contributed by atoms with Gasteiger partial charge >= 0.3 is 0 Å². The number of sulfonamides is 1. The van der Waals surface area contributed by atoms with E-state index in [9.17, 15) is 8.42 Å². The predicted molar refractivity (Wildman–Crippen MR) is 67.9 cm³/mol. The molecular weight excluding hydrogens is 252 g/mol. The van der Waals surface area contributed by atoms with Gasteiger partial charge in [0.2, 0.25) is 10.0 Å². The Balaban J connectivity index is 3.16. The molecule has 0 aliphatic carbocycles. The van der Waals surface area contributed by atoms with Crippen LogP contribution in [0.15, 0.2) is 17.0 Å². The molecule has 98 valence electrons. The lowest BCUT2D eigenvalue weighted by Crippen LogP contribution is -2.25. The summed E-state index contributed by atoms with van der Waals surface area (Å²) >= 11 is 0. The van der Waals surface area contributed by atoms with Crippen LogP contribution in [0.1, 0.15) is 17.5 Å². The summed E-state index contributed by atoms with van der Waals surface area (Å²) < 4.78 is 31.6. The second-order valence-electron chi connectivity index (χ2n) is 3.89. The standard InChI is InChI=1S/C12H16N2O3S/c1-9-7-11(17-3)12(8-10(9)2)18(15,16)14-6-4-5-13/h7-8,14H,4,6H2,1-3H3. The van der Waals surface area contributed by atoms with Crippen LogP contribution in [-0.4, -0.2) is 22.1 Å². The van der Waals surface area contributed by atoms with Gasteiger partial charge in [-0.05, 0) is 37.1 Å². The van der Waals surface area contributed by atoms with E-state index in [2.05, 4.69) is 4.72 Å². The third-order valence-electron chi connectivity index (χ3n) is 2.60. The molecule has 0 aliphatic rings. The molecule has 0 aliphatic heterocycles. The normalized spacial score (nSPS) is 11.0. The summed E-state index contributed by atoms with van der Waals surface area (Å²) in [7, 11) is -2.21. The maximum atomic E-state index is 12.0. The average molecular weight is 268 g/mol. The first kappa shape index (κ1) is 14.5. The molecule has 1 aromatic rings. The third-order valence-corrected chi connectivity index (χ3v) is 4.08. The quantitative estimate of drug-likeness (QED) is 0.821. The monoisotopic (exact) mass is 268 g/mol. The highest BCUT2D eigenvalue weighted by atomic mass is 32.2. The number of hydrogen-bond donors (Lipinski definition) is 1. The van der Waals surface area contributed by atoms with Crippen molar-refractivity contribution in [2.24, 2.45) is 0 Å². The van der Waals surface area contributed by atoms with E-state index in [0.29, 0.717) is 5.75 Å². The molecule has 0 unspecified atom stereocenters. The molecule has 6 heteroatoms. The molecule has 0 fully saturated rings. The van der Waals surface area contributed by atoms with Gasteiger partial charge < -0.3 is 4.74 Å². The molecule has 0 bridgehead atoms. The minimum atomic E-state index is -3.64. The Kier molecular flexibility index (Phi) is 4.70. The molecule has 0 amide bonds. The average Bonchev–Trinajstić information content (AvgIpc) is 2.32. The molecular formula is C12H16N2O3S. The van der Waals surface area contributed by atoms with Gasteiger partial charge in [0.15, 0.2) is 0 Å². The van der Waals surface area contributed by atoms with Crippen molar-refractivity contribution in [2.75, 3.05) is 13.7 Å². The van der Waals surface area contributed by atoms with Crippen molar-refractivity contribution in [3.63, 3.8) is 0 Å². The van der Waals surface area contributed by atoms with E-state index in [0.717, 1.165) is 11.1 Å². The van der Waals surface area contributed by atoms with Crippen LogP contribution in [0.3, 0.4) is 0 Å². The van der Waals surface area contributed by atoms with Crippen molar-refractivity contribution in [3.05, 3.63) is 23.3 Å². The summed E-state index contributed by atoms with van der Waals surface area (Å²) in [6, 6.07) is 5.14. The molecule has 0 saturated heterocycles. The van der Waals surface area contributed by atoms with Gasteiger partial charge in [-0.3, -0.25) is 0 Å². The maximum Gasteiger partial charge on any atom is 0.244 e. The first-order chi connectivity index (χ1) is 8.42. The smallest absolute Gasteiger partial charge is 0.244 e. The van der Waals surface area contributed by atoms with Gasteiger partial charge in [0, 0.05) is 13.0 Å². The molecule has 18 heavy (non-hydrogen) atoms. The van der Waals surface area contributed by atoms with Gasteiger partial charge in [0.25, 0.3) is 0 Å². The Morgan fingerprint density at radius 3 is 2.50 bits per heavy atom. The molecule has 5 nitrogen and oxygen atoms in total. The van der Waals surface area contributed by atoms with Crippen molar-refractivity contribution in [3.8, 4) is 11.8 Å². The minimum absolute atomic E-state index is 0.0922. The second kappa shape index (κ2) is 5.85.